The summed E-state index contributed by atoms with van der Waals surface area (Å²) in [4.78, 5) is 8.71. The molecule has 0 fully saturated rings. The van der Waals surface area contributed by atoms with Gasteiger partial charge in [0.05, 0.1) is 10.7 Å². The largest absolute Gasteiger partial charge is 0.359 e. The molecule has 0 atom stereocenters. The van der Waals surface area contributed by atoms with Gasteiger partial charge in [0.2, 0.25) is 0 Å². The van der Waals surface area contributed by atoms with Gasteiger partial charge in [-0.2, -0.15) is 0 Å². The third-order valence-electron chi connectivity index (χ3n) is 2.33. The van der Waals surface area contributed by atoms with Crippen molar-refractivity contribution in [2.45, 2.75) is 32.6 Å². The van der Waals surface area contributed by atoms with Gasteiger partial charge in [0.15, 0.2) is 5.96 Å². The lowest BCUT2D eigenvalue weighted by molar-refractivity contribution is 0.582. The number of aliphatic imine (C=N–C) groups is 1. The molecular formula is C12H23IN4S. The molecule has 0 saturated heterocycles. The topological polar surface area (TPSA) is 49.3 Å². The number of aromatic nitrogens is 1. The van der Waals surface area contributed by atoms with Crippen LogP contribution in [0.15, 0.2) is 10.4 Å². The van der Waals surface area contributed by atoms with E-state index in [1.54, 1.807) is 18.4 Å². The number of halogens is 1. The van der Waals surface area contributed by atoms with E-state index in [2.05, 4.69) is 46.8 Å². The first kappa shape index (κ1) is 17.6. The molecule has 104 valence electrons. The molecule has 2 N–H and O–H groups in total. The van der Waals surface area contributed by atoms with Crippen molar-refractivity contribution < 1.29 is 0 Å². The van der Waals surface area contributed by atoms with Gasteiger partial charge in [-0.1, -0.05) is 20.8 Å². The minimum Gasteiger partial charge on any atom is -0.359 e. The number of hydrogen-bond donors (Lipinski definition) is 2. The zero-order valence-electron chi connectivity index (χ0n) is 11.7. The Labute approximate surface area is 131 Å². The molecule has 0 aliphatic carbocycles. The first-order valence-electron chi connectivity index (χ1n) is 5.80. The van der Waals surface area contributed by atoms with E-state index in [-0.39, 0.29) is 29.4 Å². The van der Waals surface area contributed by atoms with Crippen molar-refractivity contribution in [1.29, 1.82) is 0 Å². The van der Waals surface area contributed by atoms with Crippen molar-refractivity contribution in [3.8, 4) is 0 Å². The molecule has 0 spiro atoms. The Morgan fingerprint density at radius 3 is 2.56 bits per heavy atom. The van der Waals surface area contributed by atoms with E-state index in [4.69, 9.17) is 0 Å². The first-order valence-corrected chi connectivity index (χ1v) is 6.68. The highest BCUT2D eigenvalue weighted by atomic mass is 127. The second kappa shape index (κ2) is 7.93. The maximum Gasteiger partial charge on any atom is 0.190 e. The van der Waals surface area contributed by atoms with Crippen LogP contribution in [0.3, 0.4) is 0 Å². The molecule has 1 heterocycles. The molecule has 0 amide bonds. The number of hydrogen-bond acceptors (Lipinski definition) is 3. The summed E-state index contributed by atoms with van der Waals surface area (Å²) >= 11 is 1.74. The summed E-state index contributed by atoms with van der Waals surface area (Å²) in [5.74, 6) is 0.816. The van der Waals surface area contributed by atoms with Gasteiger partial charge in [0.1, 0.15) is 0 Å². The van der Waals surface area contributed by atoms with E-state index < -0.39 is 0 Å². The van der Waals surface area contributed by atoms with Crippen LogP contribution >= 0.6 is 35.3 Å². The van der Waals surface area contributed by atoms with Crippen molar-refractivity contribution >= 4 is 41.3 Å². The van der Waals surface area contributed by atoms with E-state index in [0.29, 0.717) is 0 Å². The van der Waals surface area contributed by atoms with E-state index in [1.807, 2.05) is 7.05 Å². The molecule has 1 aromatic rings. The highest BCUT2D eigenvalue weighted by molar-refractivity contribution is 14.0. The normalized spacial score (nSPS) is 11.9. The summed E-state index contributed by atoms with van der Waals surface area (Å²) in [5.41, 5.74) is 1.30. The average Bonchev–Trinajstić information content (AvgIpc) is 2.73. The Balaban J connectivity index is 0.00000289. The van der Waals surface area contributed by atoms with E-state index in [1.165, 1.54) is 5.01 Å². The second-order valence-corrected chi connectivity index (χ2v) is 5.75. The predicted octanol–water partition coefficient (Wildman–Crippen LogP) is 2.40. The molecule has 0 saturated carbocycles. The molecule has 1 rings (SSSR count). The zero-order chi connectivity index (χ0) is 12.9. The van der Waals surface area contributed by atoms with Crippen molar-refractivity contribution in [3.63, 3.8) is 0 Å². The molecule has 0 aliphatic rings. The third kappa shape index (κ3) is 5.51. The van der Waals surface area contributed by atoms with Crippen molar-refractivity contribution in [2.75, 3.05) is 20.6 Å². The molecule has 0 radical (unpaired) electrons. The van der Waals surface area contributed by atoms with E-state index in [0.717, 1.165) is 24.6 Å². The summed E-state index contributed by atoms with van der Waals surface area (Å²) in [6, 6.07) is 0. The lowest BCUT2D eigenvalue weighted by atomic mass is 9.98. The fourth-order valence-corrected chi connectivity index (χ4v) is 2.30. The van der Waals surface area contributed by atoms with E-state index >= 15 is 0 Å². The second-order valence-electron chi connectivity index (χ2n) is 4.89. The lowest BCUT2D eigenvalue weighted by Gasteiger charge is -2.13. The molecule has 6 heteroatoms. The van der Waals surface area contributed by atoms with Crippen LogP contribution in [0.5, 0.6) is 0 Å². The SMILES string of the molecule is CN=C(NC)NCCc1csc(C(C)(C)C)n1.I. The van der Waals surface area contributed by atoms with Crippen molar-refractivity contribution in [2.24, 2.45) is 4.99 Å². The summed E-state index contributed by atoms with van der Waals surface area (Å²) < 4.78 is 0. The van der Waals surface area contributed by atoms with Gasteiger partial charge >= 0.3 is 0 Å². The van der Waals surface area contributed by atoms with Crippen molar-refractivity contribution in [3.05, 3.63) is 16.1 Å². The van der Waals surface area contributed by atoms with Crippen LogP contribution in [-0.4, -0.2) is 31.6 Å². The highest BCUT2D eigenvalue weighted by Gasteiger charge is 2.17. The van der Waals surface area contributed by atoms with Gasteiger partial charge in [-0.15, -0.1) is 35.3 Å². The summed E-state index contributed by atoms with van der Waals surface area (Å²) in [7, 11) is 3.62. The maximum absolute atomic E-state index is 4.65. The molecule has 0 bridgehead atoms. The Morgan fingerprint density at radius 1 is 1.44 bits per heavy atom. The highest BCUT2D eigenvalue weighted by Crippen LogP contribution is 2.25. The van der Waals surface area contributed by atoms with Crippen LogP contribution in [0.4, 0.5) is 0 Å². The summed E-state index contributed by atoms with van der Waals surface area (Å²) in [6.45, 7) is 7.42. The lowest BCUT2D eigenvalue weighted by Crippen LogP contribution is -2.35. The van der Waals surface area contributed by atoms with Crippen LogP contribution in [0, 0.1) is 0 Å². The molecule has 1 aromatic heterocycles. The summed E-state index contributed by atoms with van der Waals surface area (Å²) in [6.07, 6.45) is 0.924. The number of thiazole rings is 1. The van der Waals surface area contributed by atoms with Crippen LogP contribution in [-0.2, 0) is 11.8 Å². The minimum atomic E-state index is 0. The van der Waals surface area contributed by atoms with Gasteiger partial charge in [0, 0.05) is 37.9 Å². The van der Waals surface area contributed by atoms with Crippen LogP contribution in [0.1, 0.15) is 31.5 Å². The van der Waals surface area contributed by atoms with E-state index in [9.17, 15) is 0 Å². The third-order valence-corrected chi connectivity index (χ3v) is 3.64. The Hall–Kier alpha value is -0.370. The Kier molecular flexibility index (Phi) is 7.77. The van der Waals surface area contributed by atoms with Crippen LogP contribution in [0.2, 0.25) is 0 Å². The molecule has 0 aromatic carbocycles. The molecule has 4 nitrogen and oxygen atoms in total. The fourth-order valence-electron chi connectivity index (χ4n) is 1.35. The van der Waals surface area contributed by atoms with Crippen LogP contribution < -0.4 is 10.6 Å². The molecule has 0 aliphatic heterocycles. The Morgan fingerprint density at radius 2 is 2.11 bits per heavy atom. The molecular weight excluding hydrogens is 359 g/mol. The fraction of sp³-hybridized carbons (Fsp3) is 0.667. The van der Waals surface area contributed by atoms with Gasteiger partial charge in [-0.25, -0.2) is 4.98 Å². The quantitative estimate of drug-likeness (QED) is 0.480. The first-order chi connectivity index (χ1) is 7.97. The van der Waals surface area contributed by atoms with Gasteiger partial charge in [-0.3, -0.25) is 4.99 Å². The standard InChI is InChI=1S/C12H22N4S.HI/c1-12(2,3)10-16-9(8-17-10)6-7-15-11(13-4)14-5;/h8H,6-7H2,1-5H3,(H2,13,14,15);1H. The summed E-state index contributed by atoms with van der Waals surface area (Å²) in [5, 5.41) is 9.55. The predicted molar refractivity (Wildman–Crippen MR) is 90.4 cm³/mol. The maximum atomic E-state index is 4.65. The van der Waals surface area contributed by atoms with Gasteiger partial charge < -0.3 is 10.6 Å². The molecule has 0 unspecified atom stereocenters. The van der Waals surface area contributed by atoms with Gasteiger partial charge in [0.25, 0.3) is 0 Å². The van der Waals surface area contributed by atoms with Crippen LogP contribution in [0.25, 0.3) is 0 Å². The van der Waals surface area contributed by atoms with Gasteiger partial charge in [-0.05, 0) is 0 Å². The number of nitrogens with zero attached hydrogens (tertiary/aromatic N) is 2. The zero-order valence-corrected chi connectivity index (χ0v) is 14.8. The molecule has 18 heavy (non-hydrogen) atoms. The minimum absolute atomic E-state index is 0. The number of guanidine groups is 1. The average molecular weight is 382 g/mol. The number of rotatable bonds is 3. The smallest absolute Gasteiger partial charge is 0.190 e. The monoisotopic (exact) mass is 382 g/mol. The Bertz CT molecular complexity index is 382. The van der Waals surface area contributed by atoms with Crippen molar-refractivity contribution in [1.82, 2.24) is 15.6 Å². The number of nitrogens with one attached hydrogen (secondary N) is 2.